The van der Waals surface area contributed by atoms with Gasteiger partial charge in [0.2, 0.25) is 0 Å². The van der Waals surface area contributed by atoms with Crippen LogP contribution in [0.1, 0.15) is 206 Å². The Balaban J connectivity index is 1.79. The highest BCUT2D eigenvalue weighted by Crippen LogP contribution is 2.27. The molecule has 0 aromatic rings. The standard InChI is InChI=1S/C51H94O15/c1-3-5-7-9-11-13-15-17-19-21-23-25-27-29-31-33-42(53)61-36-39(64-43(54)34-32-30-28-26-24-22-20-18-16-14-12-10-8-6-4-2)37-62-50-49(60)47(58)45(56)41(66-50)38-63-51-48(59)46(57)44(55)40(35-52)65-51/h3,39-41,44-52,55-60H,1,4-38H2,2H3/t39-,40-,41-,44+,45+,46?,47?,48?,49?,50-,51-/m1/s1. The summed E-state index contributed by atoms with van der Waals surface area (Å²) in [6.07, 6.45) is 19.8. The number of allylic oxidation sites excluding steroid dienone is 1. The molecule has 66 heavy (non-hydrogen) atoms. The van der Waals surface area contributed by atoms with Crippen molar-refractivity contribution in [2.24, 2.45) is 0 Å². The minimum atomic E-state index is -1.76. The van der Waals surface area contributed by atoms with E-state index in [0.717, 1.165) is 44.9 Å². The highest BCUT2D eigenvalue weighted by atomic mass is 16.7. The van der Waals surface area contributed by atoms with Gasteiger partial charge in [0.15, 0.2) is 18.7 Å². The molecule has 2 fully saturated rings. The maximum atomic E-state index is 13.0. The maximum absolute atomic E-state index is 13.0. The van der Waals surface area contributed by atoms with Crippen LogP contribution in [0.2, 0.25) is 0 Å². The molecule has 0 spiro atoms. The van der Waals surface area contributed by atoms with Crippen LogP contribution < -0.4 is 0 Å². The lowest BCUT2D eigenvalue weighted by molar-refractivity contribution is -0.332. The van der Waals surface area contributed by atoms with Crippen LogP contribution in [-0.4, -0.2) is 142 Å². The highest BCUT2D eigenvalue weighted by molar-refractivity contribution is 5.70. The van der Waals surface area contributed by atoms with Gasteiger partial charge in [-0.05, 0) is 25.7 Å². The second-order valence-electron chi connectivity index (χ2n) is 18.8. The van der Waals surface area contributed by atoms with Crippen molar-refractivity contribution in [2.75, 3.05) is 26.4 Å². The van der Waals surface area contributed by atoms with Crippen molar-refractivity contribution in [1.82, 2.24) is 0 Å². The number of rotatable bonds is 42. The van der Waals surface area contributed by atoms with Gasteiger partial charge in [0, 0.05) is 12.8 Å². The number of hydrogen-bond acceptors (Lipinski definition) is 15. The van der Waals surface area contributed by atoms with Crippen LogP contribution in [0.25, 0.3) is 0 Å². The fourth-order valence-corrected chi connectivity index (χ4v) is 8.55. The smallest absolute Gasteiger partial charge is 0.306 e. The number of unbranched alkanes of at least 4 members (excludes halogenated alkanes) is 27. The molecule has 2 rings (SSSR count). The molecule has 0 aromatic heterocycles. The first-order valence-electron chi connectivity index (χ1n) is 26.2. The summed E-state index contributed by atoms with van der Waals surface area (Å²) in [6.45, 7) is 4.15. The number of hydrogen-bond donors (Lipinski definition) is 7. The first-order valence-corrected chi connectivity index (χ1v) is 26.2. The zero-order valence-corrected chi connectivity index (χ0v) is 40.8. The fourth-order valence-electron chi connectivity index (χ4n) is 8.55. The van der Waals surface area contributed by atoms with Crippen molar-refractivity contribution in [2.45, 2.75) is 273 Å². The van der Waals surface area contributed by atoms with Crippen LogP contribution in [0.3, 0.4) is 0 Å². The van der Waals surface area contributed by atoms with Gasteiger partial charge < -0.3 is 64.2 Å². The normalized spacial score (nSPS) is 26.0. The van der Waals surface area contributed by atoms with Gasteiger partial charge in [0.25, 0.3) is 0 Å². The molecule has 7 N–H and O–H groups in total. The van der Waals surface area contributed by atoms with Crippen molar-refractivity contribution in [3.05, 3.63) is 12.7 Å². The van der Waals surface area contributed by atoms with E-state index in [4.69, 9.17) is 28.4 Å². The Morgan fingerprint density at radius 2 is 0.894 bits per heavy atom. The van der Waals surface area contributed by atoms with Crippen LogP contribution in [0, 0.1) is 0 Å². The Labute approximate surface area is 397 Å². The molecule has 15 nitrogen and oxygen atoms in total. The molecule has 0 aromatic carbocycles. The molecule has 4 unspecified atom stereocenters. The summed E-state index contributed by atoms with van der Waals surface area (Å²) in [5.41, 5.74) is 0. The zero-order valence-electron chi connectivity index (χ0n) is 40.8. The number of carbonyl (C=O) groups is 2. The van der Waals surface area contributed by atoms with Gasteiger partial charge in [-0.1, -0.05) is 174 Å². The molecule has 2 aliphatic rings. The largest absolute Gasteiger partial charge is 0.462 e. The summed E-state index contributed by atoms with van der Waals surface area (Å²) in [6, 6.07) is 0. The molecule has 2 heterocycles. The summed E-state index contributed by atoms with van der Waals surface area (Å²) >= 11 is 0. The van der Waals surface area contributed by atoms with E-state index < -0.39 is 92.7 Å². The SMILES string of the molecule is C=CCCCCCCCCCCCCCCCC(=O)OC[C@H](CO[C@@H]1O[C@H](CO[C@@H]2O[C@H](CO)[C@H](O)C(O)C2O)[C@H](O)C(O)C1O)OC(=O)CCCCCCCCCCCCCCCCC. The third-order valence-electron chi connectivity index (χ3n) is 12.9. The second kappa shape index (κ2) is 39.0. The lowest BCUT2D eigenvalue weighted by Gasteiger charge is -2.42. The van der Waals surface area contributed by atoms with Crippen molar-refractivity contribution >= 4 is 11.9 Å². The average Bonchev–Trinajstić information content (AvgIpc) is 3.31. The number of aliphatic hydroxyl groups excluding tert-OH is 7. The van der Waals surface area contributed by atoms with E-state index in [1.807, 2.05) is 6.08 Å². The highest BCUT2D eigenvalue weighted by Gasteiger charge is 2.47. The molecule has 0 bridgehead atoms. The maximum Gasteiger partial charge on any atom is 0.306 e. The Bertz CT molecular complexity index is 1190. The average molecular weight is 947 g/mol. The van der Waals surface area contributed by atoms with Crippen molar-refractivity contribution in [3.63, 3.8) is 0 Å². The summed E-state index contributed by atoms with van der Waals surface area (Å²) in [5.74, 6) is -0.916. The molecule has 11 atom stereocenters. The molecule has 0 aliphatic carbocycles. The minimum absolute atomic E-state index is 0.171. The van der Waals surface area contributed by atoms with Crippen LogP contribution in [-0.2, 0) is 38.0 Å². The van der Waals surface area contributed by atoms with Crippen molar-refractivity contribution < 1.29 is 73.8 Å². The number of esters is 2. The molecule has 2 aliphatic heterocycles. The van der Waals surface area contributed by atoms with Gasteiger partial charge in [-0.15, -0.1) is 6.58 Å². The Morgan fingerprint density at radius 1 is 0.500 bits per heavy atom. The molecule has 0 saturated carbocycles. The number of ether oxygens (including phenoxy) is 6. The molecular formula is C51H94O15. The molecule has 388 valence electrons. The lowest BCUT2D eigenvalue weighted by Crippen LogP contribution is -2.61. The fraction of sp³-hybridized carbons (Fsp3) is 0.922. The van der Waals surface area contributed by atoms with Crippen molar-refractivity contribution in [1.29, 1.82) is 0 Å². The van der Waals surface area contributed by atoms with E-state index in [2.05, 4.69) is 13.5 Å². The number of aliphatic hydroxyl groups is 7. The quantitative estimate of drug-likeness (QED) is 0.0180. The second-order valence-corrected chi connectivity index (χ2v) is 18.8. The predicted octanol–water partition coefficient (Wildman–Crippen LogP) is 7.38. The van der Waals surface area contributed by atoms with Crippen molar-refractivity contribution in [3.8, 4) is 0 Å². The first-order chi connectivity index (χ1) is 32.0. The molecular weight excluding hydrogens is 853 g/mol. The lowest BCUT2D eigenvalue weighted by atomic mass is 9.98. The van der Waals surface area contributed by atoms with Gasteiger partial charge in [-0.25, -0.2) is 0 Å². The third kappa shape index (κ3) is 26.8. The summed E-state index contributed by atoms with van der Waals surface area (Å²) in [4.78, 5) is 25.8. The summed E-state index contributed by atoms with van der Waals surface area (Å²) in [5, 5.41) is 72.1. The van der Waals surface area contributed by atoms with Gasteiger partial charge in [-0.3, -0.25) is 9.59 Å². The van der Waals surface area contributed by atoms with Gasteiger partial charge >= 0.3 is 11.9 Å². The predicted molar refractivity (Wildman–Crippen MR) is 252 cm³/mol. The van der Waals surface area contributed by atoms with Crippen LogP contribution in [0.15, 0.2) is 12.7 Å². The molecule has 0 radical (unpaired) electrons. The first kappa shape index (κ1) is 60.4. The van der Waals surface area contributed by atoms with Crippen LogP contribution >= 0.6 is 0 Å². The van der Waals surface area contributed by atoms with E-state index in [-0.39, 0.29) is 26.1 Å². The monoisotopic (exact) mass is 947 g/mol. The molecule has 2 saturated heterocycles. The summed E-state index contributed by atoms with van der Waals surface area (Å²) < 4.78 is 33.6. The van der Waals surface area contributed by atoms with E-state index >= 15 is 0 Å². The van der Waals surface area contributed by atoms with E-state index in [1.165, 1.54) is 128 Å². The van der Waals surface area contributed by atoms with Crippen LogP contribution in [0.4, 0.5) is 0 Å². The minimum Gasteiger partial charge on any atom is -0.462 e. The summed E-state index contributed by atoms with van der Waals surface area (Å²) in [7, 11) is 0. The van der Waals surface area contributed by atoms with E-state index in [1.54, 1.807) is 0 Å². The topological polar surface area (TPSA) is 231 Å². The van der Waals surface area contributed by atoms with E-state index in [0.29, 0.717) is 12.8 Å². The van der Waals surface area contributed by atoms with Crippen LogP contribution in [0.5, 0.6) is 0 Å². The Morgan fingerprint density at radius 3 is 1.35 bits per heavy atom. The van der Waals surface area contributed by atoms with E-state index in [9.17, 15) is 45.3 Å². The Kier molecular flexibility index (Phi) is 35.7. The molecule has 0 amide bonds. The zero-order chi connectivity index (χ0) is 48.2. The van der Waals surface area contributed by atoms with Gasteiger partial charge in [0.1, 0.15) is 55.4 Å². The Hall–Kier alpha value is -1.76. The molecule has 15 heteroatoms. The number of carbonyl (C=O) groups excluding carboxylic acids is 2. The third-order valence-corrected chi connectivity index (χ3v) is 12.9. The van der Waals surface area contributed by atoms with Gasteiger partial charge in [-0.2, -0.15) is 0 Å². The van der Waals surface area contributed by atoms with Gasteiger partial charge in [0.05, 0.1) is 19.8 Å².